The number of halogens is 3. The number of nitrogens with zero attached hydrogens (tertiary/aromatic N) is 3. The molecule has 1 aliphatic rings. The Hall–Kier alpha value is -3.12. The van der Waals surface area contributed by atoms with Gasteiger partial charge in [0.2, 0.25) is 0 Å². The summed E-state index contributed by atoms with van der Waals surface area (Å²) < 4.78 is 52.0. The molecule has 1 fully saturated rings. The fourth-order valence-corrected chi connectivity index (χ4v) is 3.52. The van der Waals surface area contributed by atoms with Crippen LogP contribution in [0.2, 0.25) is 0 Å². The maximum absolute atomic E-state index is 13.2. The standard InChI is InChI=1S/C21H27F3N4O2.CH5N.CH4O.CH2O/c1-3-29-17-5-4-12-26-19(17)30-16-6-7-18(28(25)14-16)27-13-15-8-10-20(2,11-9-15)21(22,23)24;3*1-2/h4-7,12,14-15H,3,8-11,13,25H2,1-2H3;2H2,1H3;2H,1H3;1H2. The predicted octanol–water partition coefficient (Wildman–Crippen LogP) is 3.45. The summed E-state index contributed by atoms with van der Waals surface area (Å²) in [7, 11) is 2.50. The molecule has 2 heterocycles. The van der Waals surface area contributed by atoms with Gasteiger partial charge in [0.15, 0.2) is 5.75 Å². The number of carbonyl (C=O) groups is 1. The van der Waals surface area contributed by atoms with E-state index < -0.39 is 11.6 Å². The van der Waals surface area contributed by atoms with E-state index in [9.17, 15) is 13.2 Å². The van der Waals surface area contributed by atoms with Crippen LogP contribution < -0.4 is 26.5 Å². The van der Waals surface area contributed by atoms with Crippen molar-refractivity contribution < 1.29 is 32.5 Å². The maximum atomic E-state index is 13.2. The van der Waals surface area contributed by atoms with Crippen molar-refractivity contribution in [3.8, 4) is 17.4 Å². The number of carbonyl (C=O) groups excluding carboxylic acids is 1. The summed E-state index contributed by atoms with van der Waals surface area (Å²) in [6.07, 6.45) is 0.310. The average Bonchev–Trinajstić information content (AvgIpc) is 2.89. The Balaban J connectivity index is 0.00000190. The first-order chi connectivity index (χ1) is 17.2. The second-order valence-corrected chi connectivity index (χ2v) is 7.81. The Morgan fingerprint density at radius 1 is 1.22 bits per heavy atom. The van der Waals surface area contributed by atoms with Crippen molar-refractivity contribution in [1.82, 2.24) is 9.66 Å². The Bertz CT molecular complexity index is 946. The van der Waals surface area contributed by atoms with Crippen LogP contribution in [0.3, 0.4) is 0 Å². The van der Waals surface area contributed by atoms with Crippen LogP contribution in [0, 0.1) is 11.3 Å². The van der Waals surface area contributed by atoms with Crippen LogP contribution in [0.1, 0.15) is 39.5 Å². The number of aromatic nitrogens is 2. The third-order valence-corrected chi connectivity index (χ3v) is 5.58. The van der Waals surface area contributed by atoms with Gasteiger partial charge in [0.1, 0.15) is 18.0 Å². The van der Waals surface area contributed by atoms with Crippen LogP contribution in [0.5, 0.6) is 17.4 Å². The van der Waals surface area contributed by atoms with Gasteiger partial charge in [-0.25, -0.2) is 9.66 Å². The van der Waals surface area contributed by atoms with Crippen LogP contribution >= 0.6 is 0 Å². The second-order valence-electron chi connectivity index (χ2n) is 7.81. The summed E-state index contributed by atoms with van der Waals surface area (Å²) in [6.45, 7) is 6.11. The van der Waals surface area contributed by atoms with Gasteiger partial charge in [-0.15, -0.1) is 0 Å². The van der Waals surface area contributed by atoms with E-state index in [-0.39, 0.29) is 18.8 Å². The number of rotatable bonds is 6. The van der Waals surface area contributed by atoms with Gasteiger partial charge < -0.3 is 31.0 Å². The SMILES string of the molecule is C=O.CCOc1cccnc1Oc1ccc(=NCC2CCC(C)(C(F)(F)F)CC2)n(N)c1.CN.CO. The Labute approximate surface area is 209 Å². The highest BCUT2D eigenvalue weighted by Crippen LogP contribution is 2.49. The lowest BCUT2D eigenvalue weighted by atomic mass is 9.71. The highest BCUT2D eigenvalue weighted by Gasteiger charge is 2.51. The van der Waals surface area contributed by atoms with Crippen molar-refractivity contribution in [2.24, 2.45) is 22.1 Å². The van der Waals surface area contributed by atoms with Crippen LogP contribution in [0.25, 0.3) is 0 Å². The van der Waals surface area contributed by atoms with Gasteiger partial charge in [-0.05, 0) is 69.8 Å². The maximum Gasteiger partial charge on any atom is 0.394 e. The molecule has 0 radical (unpaired) electrons. The second kappa shape index (κ2) is 16.5. The zero-order valence-corrected chi connectivity index (χ0v) is 21.3. The van der Waals surface area contributed by atoms with Crippen LogP contribution in [0.15, 0.2) is 41.7 Å². The number of hydrogen-bond acceptors (Lipinski definition) is 8. The number of hydrogen-bond donors (Lipinski definition) is 3. The summed E-state index contributed by atoms with van der Waals surface area (Å²) in [5.74, 6) is 7.48. The summed E-state index contributed by atoms with van der Waals surface area (Å²) in [6, 6.07) is 6.95. The van der Waals surface area contributed by atoms with Crippen LogP contribution in [0.4, 0.5) is 13.2 Å². The van der Waals surface area contributed by atoms with Gasteiger partial charge in [0.25, 0.3) is 5.88 Å². The smallest absolute Gasteiger partial charge is 0.394 e. The molecule has 2 aromatic rings. The minimum Gasteiger partial charge on any atom is -0.488 e. The molecule has 204 valence electrons. The number of aliphatic hydroxyl groups excluding tert-OH is 1. The summed E-state index contributed by atoms with van der Waals surface area (Å²) >= 11 is 0. The molecule has 1 saturated carbocycles. The molecule has 0 atom stereocenters. The molecule has 1 aliphatic carbocycles. The third kappa shape index (κ3) is 9.50. The largest absolute Gasteiger partial charge is 0.488 e. The number of nitrogen functional groups attached to an aromatic ring is 1. The van der Waals surface area contributed by atoms with Gasteiger partial charge in [-0.3, -0.25) is 4.99 Å². The first-order valence-electron chi connectivity index (χ1n) is 11.3. The molecule has 0 unspecified atom stereocenters. The van der Waals surface area contributed by atoms with E-state index in [1.165, 1.54) is 18.6 Å². The average molecular weight is 518 g/mol. The molecular weight excluding hydrogens is 479 g/mol. The van der Waals surface area contributed by atoms with E-state index in [1.54, 1.807) is 36.7 Å². The fourth-order valence-electron chi connectivity index (χ4n) is 3.52. The lowest BCUT2D eigenvalue weighted by Crippen LogP contribution is -2.39. The Kier molecular flexibility index (Phi) is 15.1. The van der Waals surface area contributed by atoms with Crippen molar-refractivity contribution >= 4 is 6.79 Å². The molecule has 3 rings (SSSR count). The molecule has 0 bridgehead atoms. The normalized spacial score (nSPS) is 19.4. The number of pyridine rings is 2. The zero-order chi connectivity index (χ0) is 27.8. The minimum atomic E-state index is -4.15. The summed E-state index contributed by atoms with van der Waals surface area (Å²) in [4.78, 5) is 16.7. The van der Waals surface area contributed by atoms with E-state index in [4.69, 9.17) is 25.2 Å². The number of ether oxygens (including phenoxy) is 2. The van der Waals surface area contributed by atoms with Crippen molar-refractivity contribution in [2.75, 3.05) is 33.2 Å². The number of alkyl halides is 3. The predicted molar refractivity (Wildman–Crippen MR) is 132 cm³/mol. The fraction of sp³-hybridized carbons (Fsp3) is 0.542. The van der Waals surface area contributed by atoms with Crippen molar-refractivity contribution in [3.63, 3.8) is 0 Å². The molecule has 5 N–H and O–H groups in total. The molecule has 9 nitrogen and oxygen atoms in total. The monoisotopic (exact) mass is 517 g/mol. The van der Waals surface area contributed by atoms with Gasteiger partial charge in [0, 0.05) is 19.9 Å². The van der Waals surface area contributed by atoms with Crippen molar-refractivity contribution in [2.45, 2.75) is 45.7 Å². The summed E-state index contributed by atoms with van der Waals surface area (Å²) in [5, 5.41) is 7.00. The zero-order valence-electron chi connectivity index (χ0n) is 21.3. The summed E-state index contributed by atoms with van der Waals surface area (Å²) in [5.41, 5.74) is 3.44. The molecular formula is C24H38F3N5O4. The van der Waals surface area contributed by atoms with Crippen molar-refractivity contribution in [1.29, 1.82) is 0 Å². The first kappa shape index (κ1) is 32.9. The number of nitrogens with two attached hydrogens (primary N) is 2. The van der Waals surface area contributed by atoms with Crippen molar-refractivity contribution in [3.05, 3.63) is 42.1 Å². The van der Waals surface area contributed by atoms with Gasteiger partial charge in [0.05, 0.1) is 18.2 Å². The molecule has 0 aromatic carbocycles. The van der Waals surface area contributed by atoms with Gasteiger partial charge in [-0.2, -0.15) is 13.2 Å². The van der Waals surface area contributed by atoms with Crippen LogP contribution in [-0.2, 0) is 4.79 Å². The molecule has 0 aliphatic heterocycles. The van der Waals surface area contributed by atoms with E-state index in [2.05, 4.69) is 15.7 Å². The van der Waals surface area contributed by atoms with E-state index >= 15 is 0 Å². The van der Waals surface area contributed by atoms with E-state index in [0.29, 0.717) is 48.9 Å². The quantitative estimate of drug-likeness (QED) is 0.499. The van der Waals surface area contributed by atoms with E-state index in [1.807, 2.05) is 13.7 Å². The van der Waals surface area contributed by atoms with Crippen LogP contribution in [-0.4, -0.2) is 55.0 Å². The number of aliphatic hydroxyl groups is 1. The van der Waals surface area contributed by atoms with Gasteiger partial charge >= 0.3 is 6.18 Å². The minimum absolute atomic E-state index is 0.124. The third-order valence-electron chi connectivity index (χ3n) is 5.58. The lowest BCUT2D eigenvalue weighted by Gasteiger charge is -2.38. The Morgan fingerprint density at radius 2 is 1.83 bits per heavy atom. The highest BCUT2D eigenvalue weighted by atomic mass is 19.4. The molecule has 0 amide bonds. The van der Waals surface area contributed by atoms with Gasteiger partial charge in [-0.1, -0.05) is 6.92 Å². The molecule has 12 heteroatoms. The van der Waals surface area contributed by atoms with E-state index in [0.717, 1.165) is 7.11 Å². The lowest BCUT2D eigenvalue weighted by molar-refractivity contribution is -0.229. The molecule has 0 spiro atoms. The highest BCUT2D eigenvalue weighted by molar-refractivity contribution is 5.36. The topological polar surface area (TPSA) is 138 Å². The molecule has 36 heavy (non-hydrogen) atoms. The Morgan fingerprint density at radius 3 is 2.36 bits per heavy atom. The molecule has 2 aromatic heterocycles. The molecule has 0 saturated heterocycles. The first-order valence-corrected chi connectivity index (χ1v) is 11.3.